The second-order valence-electron chi connectivity index (χ2n) is 5.01. The third-order valence-electron chi connectivity index (χ3n) is 3.56. The van der Waals surface area contributed by atoms with Gasteiger partial charge < -0.3 is 5.32 Å². The number of benzene rings is 1. The Morgan fingerprint density at radius 1 is 1.39 bits per heavy atom. The zero-order valence-corrected chi connectivity index (χ0v) is 13.4. The van der Waals surface area contributed by atoms with Gasteiger partial charge in [-0.15, -0.1) is 0 Å². The van der Waals surface area contributed by atoms with Gasteiger partial charge >= 0.3 is 0 Å². The summed E-state index contributed by atoms with van der Waals surface area (Å²) in [5.74, 6) is 3.53. The summed E-state index contributed by atoms with van der Waals surface area (Å²) in [5.41, 5.74) is 1.45. The van der Waals surface area contributed by atoms with Crippen LogP contribution in [-0.2, 0) is 6.42 Å². The van der Waals surface area contributed by atoms with Crippen LogP contribution in [0.3, 0.4) is 0 Å². The van der Waals surface area contributed by atoms with Crippen molar-refractivity contribution in [1.29, 1.82) is 0 Å². The first-order valence-corrected chi connectivity index (χ1v) is 8.80. The summed E-state index contributed by atoms with van der Waals surface area (Å²) in [6.07, 6.45) is 3.76. The quantitative estimate of drug-likeness (QED) is 0.843. The number of thioether (sulfide) groups is 1. The lowest BCUT2D eigenvalue weighted by molar-refractivity contribution is 0.380. The Bertz CT molecular complexity index is 346. The van der Waals surface area contributed by atoms with Crippen molar-refractivity contribution < 1.29 is 0 Å². The van der Waals surface area contributed by atoms with Crippen molar-refractivity contribution >= 4 is 27.7 Å². The Labute approximate surface area is 123 Å². The molecule has 1 N–H and O–H groups in total. The van der Waals surface area contributed by atoms with E-state index in [2.05, 4.69) is 64.2 Å². The van der Waals surface area contributed by atoms with Gasteiger partial charge in [0.2, 0.25) is 0 Å². The summed E-state index contributed by atoms with van der Waals surface area (Å²) in [7, 11) is 0. The Morgan fingerprint density at radius 2 is 2.17 bits per heavy atom. The Hall–Kier alpha value is 0.01000. The molecule has 1 aliphatic rings. The van der Waals surface area contributed by atoms with Gasteiger partial charge in [-0.25, -0.2) is 0 Å². The van der Waals surface area contributed by atoms with Gasteiger partial charge in [0.15, 0.2) is 0 Å². The highest BCUT2D eigenvalue weighted by Gasteiger charge is 2.24. The molecule has 0 spiro atoms. The molecule has 0 aromatic heterocycles. The average Bonchev–Trinajstić information content (AvgIpc) is 2.90. The van der Waals surface area contributed by atoms with E-state index in [1.54, 1.807) is 0 Å². The fraction of sp³-hybridized carbons (Fsp3) is 0.600. The highest BCUT2D eigenvalue weighted by molar-refractivity contribution is 9.10. The first kappa shape index (κ1) is 14.4. The summed E-state index contributed by atoms with van der Waals surface area (Å²) < 4.78 is 1.17. The predicted octanol–water partition coefficient (Wildman–Crippen LogP) is 4.11. The molecule has 1 fully saturated rings. The molecular weight excluding hydrogens is 306 g/mol. The topological polar surface area (TPSA) is 12.0 Å². The van der Waals surface area contributed by atoms with Crippen LogP contribution >= 0.6 is 27.7 Å². The van der Waals surface area contributed by atoms with E-state index in [0.717, 1.165) is 12.5 Å². The molecule has 1 saturated heterocycles. The predicted molar refractivity (Wildman–Crippen MR) is 85.4 cm³/mol. The molecule has 2 rings (SSSR count). The van der Waals surface area contributed by atoms with Gasteiger partial charge in [0.05, 0.1) is 0 Å². The van der Waals surface area contributed by atoms with Gasteiger partial charge in [-0.1, -0.05) is 35.0 Å². The molecule has 1 heterocycles. The normalized spacial score (nSPS) is 21.1. The van der Waals surface area contributed by atoms with Crippen LogP contribution < -0.4 is 5.32 Å². The lowest BCUT2D eigenvalue weighted by atomic mass is 9.93. The second kappa shape index (κ2) is 7.56. The van der Waals surface area contributed by atoms with Crippen LogP contribution in [0.15, 0.2) is 28.7 Å². The third-order valence-corrected chi connectivity index (χ3v) is 5.28. The fourth-order valence-corrected chi connectivity index (χ4v) is 4.08. The van der Waals surface area contributed by atoms with Crippen molar-refractivity contribution in [1.82, 2.24) is 5.32 Å². The van der Waals surface area contributed by atoms with E-state index < -0.39 is 0 Å². The summed E-state index contributed by atoms with van der Waals surface area (Å²) in [6.45, 7) is 3.38. The number of hydrogen-bond donors (Lipinski definition) is 1. The molecule has 0 amide bonds. The van der Waals surface area contributed by atoms with Gasteiger partial charge in [0, 0.05) is 10.5 Å². The molecule has 2 atom stereocenters. The van der Waals surface area contributed by atoms with Crippen molar-refractivity contribution in [3.05, 3.63) is 34.3 Å². The zero-order valence-electron chi connectivity index (χ0n) is 11.0. The largest absolute Gasteiger partial charge is 0.313 e. The lowest BCUT2D eigenvalue weighted by Crippen LogP contribution is -2.38. The first-order valence-electron chi connectivity index (χ1n) is 6.85. The Morgan fingerprint density at radius 3 is 2.78 bits per heavy atom. The Balaban J connectivity index is 1.97. The fourth-order valence-electron chi connectivity index (χ4n) is 2.48. The number of rotatable bonds is 6. The van der Waals surface area contributed by atoms with E-state index in [9.17, 15) is 0 Å². The molecule has 0 saturated carbocycles. The van der Waals surface area contributed by atoms with Gasteiger partial charge in [-0.2, -0.15) is 11.8 Å². The van der Waals surface area contributed by atoms with Crippen molar-refractivity contribution in [2.75, 3.05) is 18.1 Å². The molecule has 1 aromatic carbocycles. The standard InChI is InChI=1S/C15H22BrNS/c1-2-8-17-15(13-7-9-18-11-13)10-12-3-5-14(16)6-4-12/h3-6,13,15,17H,2,7-11H2,1H3. The number of halogens is 1. The van der Waals surface area contributed by atoms with E-state index in [1.807, 2.05) is 0 Å². The maximum atomic E-state index is 3.75. The highest BCUT2D eigenvalue weighted by Crippen LogP contribution is 2.28. The van der Waals surface area contributed by atoms with Crippen LogP contribution in [0, 0.1) is 5.92 Å². The summed E-state index contributed by atoms with van der Waals surface area (Å²) in [6, 6.07) is 9.44. The summed E-state index contributed by atoms with van der Waals surface area (Å²) in [5, 5.41) is 3.75. The van der Waals surface area contributed by atoms with Crippen molar-refractivity contribution in [2.24, 2.45) is 5.92 Å². The molecule has 0 aliphatic carbocycles. The van der Waals surface area contributed by atoms with E-state index in [4.69, 9.17) is 0 Å². The van der Waals surface area contributed by atoms with Crippen molar-refractivity contribution in [3.63, 3.8) is 0 Å². The van der Waals surface area contributed by atoms with Crippen LogP contribution in [0.25, 0.3) is 0 Å². The maximum Gasteiger partial charge on any atom is 0.0175 e. The molecule has 2 unspecified atom stereocenters. The molecule has 1 nitrogen and oxygen atoms in total. The van der Waals surface area contributed by atoms with E-state index in [1.165, 1.54) is 40.8 Å². The number of nitrogens with one attached hydrogen (secondary N) is 1. The molecule has 0 radical (unpaired) electrons. The van der Waals surface area contributed by atoms with E-state index in [-0.39, 0.29) is 0 Å². The molecule has 0 bridgehead atoms. The van der Waals surface area contributed by atoms with Crippen LogP contribution in [0.4, 0.5) is 0 Å². The monoisotopic (exact) mass is 327 g/mol. The average molecular weight is 328 g/mol. The van der Waals surface area contributed by atoms with Crippen LogP contribution in [0.2, 0.25) is 0 Å². The van der Waals surface area contributed by atoms with Crippen molar-refractivity contribution in [2.45, 2.75) is 32.2 Å². The molecule has 1 aliphatic heterocycles. The maximum absolute atomic E-state index is 3.75. The van der Waals surface area contributed by atoms with E-state index in [0.29, 0.717) is 6.04 Å². The molecule has 18 heavy (non-hydrogen) atoms. The Kier molecular flexibility index (Phi) is 6.06. The van der Waals surface area contributed by atoms with Crippen LogP contribution in [0.5, 0.6) is 0 Å². The smallest absolute Gasteiger partial charge is 0.0175 e. The van der Waals surface area contributed by atoms with E-state index >= 15 is 0 Å². The number of hydrogen-bond acceptors (Lipinski definition) is 2. The van der Waals surface area contributed by atoms with Crippen molar-refractivity contribution in [3.8, 4) is 0 Å². The SMILES string of the molecule is CCCNC(Cc1ccc(Br)cc1)C1CCSC1. The third kappa shape index (κ3) is 4.29. The molecule has 3 heteroatoms. The minimum Gasteiger partial charge on any atom is -0.313 e. The van der Waals surface area contributed by atoms with Crippen LogP contribution in [-0.4, -0.2) is 24.1 Å². The minimum absolute atomic E-state index is 0.654. The summed E-state index contributed by atoms with van der Waals surface area (Å²) >= 11 is 5.61. The van der Waals surface area contributed by atoms with Gasteiger partial charge in [-0.05, 0) is 60.9 Å². The molecule has 1 aromatic rings. The van der Waals surface area contributed by atoms with Gasteiger partial charge in [-0.3, -0.25) is 0 Å². The molecule has 100 valence electrons. The second-order valence-corrected chi connectivity index (χ2v) is 7.08. The molecular formula is C15H22BrNS. The first-order chi connectivity index (χ1) is 8.79. The minimum atomic E-state index is 0.654. The van der Waals surface area contributed by atoms with Gasteiger partial charge in [0.25, 0.3) is 0 Å². The van der Waals surface area contributed by atoms with Crippen LogP contribution in [0.1, 0.15) is 25.3 Å². The summed E-state index contributed by atoms with van der Waals surface area (Å²) in [4.78, 5) is 0. The highest BCUT2D eigenvalue weighted by atomic mass is 79.9. The van der Waals surface area contributed by atoms with Gasteiger partial charge in [0.1, 0.15) is 0 Å². The lowest BCUT2D eigenvalue weighted by Gasteiger charge is -2.24. The zero-order chi connectivity index (χ0) is 12.8.